The third-order valence-electron chi connectivity index (χ3n) is 2.41. The lowest BCUT2D eigenvalue weighted by atomic mass is 10.4. The first-order chi connectivity index (χ1) is 8.97. The fraction of sp³-hybridized carbons (Fsp3) is 0.444. The molecule has 0 amide bonds. The van der Waals surface area contributed by atoms with E-state index in [1.807, 2.05) is 6.92 Å². The largest absolute Gasteiger partial charge is 0.325 e. The van der Waals surface area contributed by atoms with Crippen LogP contribution in [0.1, 0.15) is 23.3 Å². The quantitative estimate of drug-likeness (QED) is 0.733. The van der Waals surface area contributed by atoms with Crippen molar-refractivity contribution in [2.24, 2.45) is 5.73 Å². The van der Waals surface area contributed by atoms with Gasteiger partial charge in [0.15, 0.2) is 0 Å². The van der Waals surface area contributed by atoms with Crippen molar-refractivity contribution in [3.05, 3.63) is 16.4 Å². The Balaban J connectivity index is 2.34. The van der Waals surface area contributed by atoms with Crippen molar-refractivity contribution >= 4 is 26.5 Å². The minimum Gasteiger partial charge on any atom is -0.325 e. The zero-order valence-corrected chi connectivity index (χ0v) is 12.1. The fourth-order valence-electron chi connectivity index (χ4n) is 1.57. The van der Waals surface area contributed by atoms with Crippen molar-refractivity contribution < 1.29 is 8.42 Å². The Morgan fingerprint density at radius 3 is 2.74 bits per heavy atom. The van der Waals surface area contributed by atoms with Gasteiger partial charge in [0.05, 0.1) is 11.4 Å². The Kier molecular flexibility index (Phi) is 3.83. The van der Waals surface area contributed by atoms with Crippen LogP contribution in [0.3, 0.4) is 0 Å². The number of hydrogen-bond donors (Lipinski definition) is 3. The molecule has 0 aliphatic heterocycles. The minimum absolute atomic E-state index is 0.0386. The van der Waals surface area contributed by atoms with E-state index in [4.69, 9.17) is 5.73 Å². The zero-order valence-electron chi connectivity index (χ0n) is 10.5. The third kappa shape index (κ3) is 2.74. The lowest BCUT2D eigenvalue weighted by Crippen LogP contribution is -2.16. The molecule has 0 aliphatic carbocycles. The van der Waals surface area contributed by atoms with Crippen molar-refractivity contribution in [3.8, 4) is 0 Å². The molecule has 0 aliphatic rings. The molecule has 0 fully saturated rings. The molecule has 0 unspecified atom stereocenters. The highest BCUT2D eigenvalue weighted by Crippen LogP contribution is 2.23. The van der Waals surface area contributed by atoms with Crippen molar-refractivity contribution in [3.63, 3.8) is 0 Å². The van der Waals surface area contributed by atoms with E-state index in [2.05, 4.69) is 25.1 Å². The number of nitrogens with zero attached hydrogens (tertiary/aromatic N) is 3. The first kappa shape index (κ1) is 13.9. The molecule has 0 saturated carbocycles. The predicted octanol–water partition coefficient (Wildman–Crippen LogP) is 0.392. The highest BCUT2D eigenvalue weighted by atomic mass is 32.2. The van der Waals surface area contributed by atoms with Gasteiger partial charge in [0.25, 0.3) is 10.0 Å². The van der Waals surface area contributed by atoms with E-state index in [1.165, 1.54) is 11.3 Å². The summed E-state index contributed by atoms with van der Waals surface area (Å²) in [7, 11) is -3.75. The molecule has 19 heavy (non-hydrogen) atoms. The summed E-state index contributed by atoms with van der Waals surface area (Å²) < 4.78 is 26.9. The summed E-state index contributed by atoms with van der Waals surface area (Å²) in [5.41, 5.74) is 6.21. The Bertz CT molecular complexity index is 675. The molecule has 2 rings (SSSR count). The van der Waals surface area contributed by atoms with Gasteiger partial charge in [0.2, 0.25) is 5.13 Å². The summed E-state index contributed by atoms with van der Waals surface area (Å²) in [6.45, 7) is 3.58. The summed E-state index contributed by atoms with van der Waals surface area (Å²) in [6.07, 6.45) is 0.707. The number of rotatable bonds is 5. The predicted molar refractivity (Wildman–Crippen MR) is 71.3 cm³/mol. The molecule has 0 bridgehead atoms. The maximum absolute atomic E-state index is 12.3. The van der Waals surface area contributed by atoms with Crippen LogP contribution in [0.4, 0.5) is 5.13 Å². The second-order valence-corrected chi connectivity index (χ2v) is 6.47. The van der Waals surface area contributed by atoms with Crippen LogP contribution in [0.5, 0.6) is 0 Å². The number of H-pyrrole nitrogens is 1. The molecule has 2 heterocycles. The standard InChI is InChI=1S/C9H14N6O2S2/c1-3-7-13-14-9(18-7)15-19(16,17)8-5(2)11-12-6(8)4-10/h3-4,10H2,1-2H3,(H,11,12)(H,14,15). The van der Waals surface area contributed by atoms with Crippen LogP contribution in [-0.4, -0.2) is 28.8 Å². The average molecular weight is 302 g/mol. The van der Waals surface area contributed by atoms with Crippen molar-refractivity contribution in [2.75, 3.05) is 4.72 Å². The molecule has 0 spiro atoms. The Hall–Kier alpha value is -1.52. The molecule has 2 aromatic rings. The lowest BCUT2D eigenvalue weighted by molar-refractivity contribution is 0.599. The van der Waals surface area contributed by atoms with Crippen LogP contribution in [0, 0.1) is 6.92 Å². The van der Waals surface area contributed by atoms with E-state index in [0.29, 0.717) is 17.8 Å². The van der Waals surface area contributed by atoms with E-state index in [9.17, 15) is 8.42 Å². The van der Waals surface area contributed by atoms with Gasteiger partial charge in [-0.2, -0.15) is 5.10 Å². The van der Waals surface area contributed by atoms with Gasteiger partial charge in [0, 0.05) is 6.54 Å². The van der Waals surface area contributed by atoms with Gasteiger partial charge < -0.3 is 5.73 Å². The van der Waals surface area contributed by atoms with Crippen LogP contribution in [0.2, 0.25) is 0 Å². The molecule has 0 aromatic carbocycles. The summed E-state index contributed by atoms with van der Waals surface area (Å²) in [4.78, 5) is 0.0725. The molecule has 0 radical (unpaired) electrons. The highest BCUT2D eigenvalue weighted by Gasteiger charge is 2.24. The number of hydrogen-bond acceptors (Lipinski definition) is 7. The molecule has 4 N–H and O–H groups in total. The monoisotopic (exact) mass is 302 g/mol. The second kappa shape index (κ2) is 5.23. The molecular formula is C9H14N6O2S2. The molecule has 10 heteroatoms. The Labute approximate surface area is 114 Å². The average Bonchev–Trinajstić information content (AvgIpc) is 2.95. The summed E-state index contributed by atoms with van der Waals surface area (Å²) in [5, 5.41) is 15.1. The number of nitrogens with two attached hydrogens (primary N) is 1. The van der Waals surface area contributed by atoms with Crippen LogP contribution in [-0.2, 0) is 23.0 Å². The molecular weight excluding hydrogens is 288 g/mol. The topological polar surface area (TPSA) is 127 Å². The van der Waals surface area contributed by atoms with Crippen LogP contribution in [0.25, 0.3) is 0 Å². The van der Waals surface area contributed by atoms with E-state index >= 15 is 0 Å². The van der Waals surface area contributed by atoms with Crippen molar-refractivity contribution in [1.82, 2.24) is 20.4 Å². The number of anilines is 1. The van der Waals surface area contributed by atoms with Gasteiger partial charge in [0.1, 0.15) is 9.90 Å². The molecule has 0 atom stereocenters. The third-order valence-corrected chi connectivity index (χ3v) is 5.07. The van der Waals surface area contributed by atoms with Crippen LogP contribution >= 0.6 is 11.3 Å². The SMILES string of the molecule is CCc1nnc(NS(=O)(=O)c2c(CN)n[nH]c2C)s1. The number of aryl methyl sites for hydroxylation is 2. The number of nitrogens with one attached hydrogen (secondary N) is 2. The second-order valence-electron chi connectivity index (χ2n) is 3.79. The number of aromatic nitrogens is 4. The molecule has 104 valence electrons. The van der Waals surface area contributed by atoms with Crippen LogP contribution < -0.4 is 10.5 Å². The first-order valence-electron chi connectivity index (χ1n) is 5.57. The van der Waals surface area contributed by atoms with Gasteiger partial charge in [-0.1, -0.05) is 18.3 Å². The Morgan fingerprint density at radius 2 is 2.16 bits per heavy atom. The smallest absolute Gasteiger partial charge is 0.267 e. The Morgan fingerprint density at radius 1 is 1.42 bits per heavy atom. The number of aromatic amines is 1. The van der Waals surface area contributed by atoms with E-state index in [0.717, 1.165) is 5.01 Å². The van der Waals surface area contributed by atoms with Crippen molar-refractivity contribution in [2.45, 2.75) is 31.7 Å². The van der Waals surface area contributed by atoms with Crippen LogP contribution in [0.15, 0.2) is 4.90 Å². The summed E-state index contributed by atoms with van der Waals surface area (Å²) >= 11 is 1.20. The summed E-state index contributed by atoms with van der Waals surface area (Å²) in [5.74, 6) is 0. The number of sulfonamides is 1. The maximum Gasteiger partial charge on any atom is 0.267 e. The van der Waals surface area contributed by atoms with Gasteiger partial charge in [-0.15, -0.1) is 10.2 Å². The van der Waals surface area contributed by atoms with E-state index < -0.39 is 10.0 Å². The maximum atomic E-state index is 12.3. The highest BCUT2D eigenvalue weighted by molar-refractivity contribution is 7.93. The zero-order chi connectivity index (χ0) is 14.0. The first-order valence-corrected chi connectivity index (χ1v) is 7.87. The van der Waals surface area contributed by atoms with Crippen molar-refractivity contribution in [1.29, 1.82) is 0 Å². The lowest BCUT2D eigenvalue weighted by Gasteiger charge is -2.05. The van der Waals surface area contributed by atoms with Gasteiger partial charge in [-0.3, -0.25) is 9.82 Å². The molecule has 2 aromatic heterocycles. The van der Waals surface area contributed by atoms with E-state index in [1.54, 1.807) is 6.92 Å². The normalized spacial score (nSPS) is 11.7. The van der Waals surface area contributed by atoms with Gasteiger partial charge in [-0.05, 0) is 13.3 Å². The van der Waals surface area contributed by atoms with Gasteiger partial charge >= 0.3 is 0 Å². The molecule has 8 nitrogen and oxygen atoms in total. The minimum atomic E-state index is -3.75. The molecule has 0 saturated heterocycles. The van der Waals surface area contributed by atoms with E-state index in [-0.39, 0.29) is 16.6 Å². The van der Waals surface area contributed by atoms with Gasteiger partial charge in [-0.25, -0.2) is 8.42 Å². The summed E-state index contributed by atoms with van der Waals surface area (Å²) in [6, 6.07) is 0. The fourth-order valence-corrected chi connectivity index (χ4v) is 3.86.